The third kappa shape index (κ3) is 4.77. The van der Waals surface area contributed by atoms with Crippen LogP contribution < -0.4 is 9.64 Å². The first-order chi connectivity index (χ1) is 16.8. The number of carbonyl (C=O) groups excluding carboxylic acids is 1. The molecule has 2 aromatic carbocycles. The molecule has 0 aliphatic carbocycles. The number of aromatic nitrogens is 2. The number of para-hydroxylation sites is 2. The zero-order chi connectivity index (χ0) is 24.6. The molecule has 2 fully saturated rings. The minimum absolute atomic E-state index is 0.0449. The number of carbonyl (C=O) groups is 1. The Morgan fingerprint density at radius 2 is 1.66 bits per heavy atom. The van der Waals surface area contributed by atoms with Crippen LogP contribution >= 0.6 is 0 Å². The van der Waals surface area contributed by atoms with E-state index >= 15 is 0 Å². The van der Waals surface area contributed by atoms with Gasteiger partial charge >= 0.3 is 0 Å². The number of anilines is 1. The van der Waals surface area contributed by atoms with Crippen LogP contribution in [0.2, 0.25) is 0 Å². The fourth-order valence-corrected chi connectivity index (χ4v) is 6.78. The smallest absolute Gasteiger partial charge is 0.257 e. The van der Waals surface area contributed by atoms with Gasteiger partial charge in [-0.3, -0.25) is 9.48 Å². The molecule has 0 bridgehead atoms. The van der Waals surface area contributed by atoms with Crippen LogP contribution in [0.1, 0.15) is 34.2 Å². The highest BCUT2D eigenvalue weighted by Gasteiger charge is 2.33. The van der Waals surface area contributed by atoms with Crippen molar-refractivity contribution in [2.24, 2.45) is 0 Å². The summed E-state index contributed by atoms with van der Waals surface area (Å²) in [4.78, 5) is 17.5. The summed E-state index contributed by atoms with van der Waals surface area (Å²) in [6, 6.07) is 16.7. The maximum Gasteiger partial charge on any atom is 0.257 e. The largest absolute Gasteiger partial charge is 0.457 e. The Morgan fingerprint density at radius 3 is 2.34 bits per heavy atom. The van der Waals surface area contributed by atoms with E-state index in [1.807, 2.05) is 72.0 Å². The van der Waals surface area contributed by atoms with Gasteiger partial charge in [-0.1, -0.05) is 30.3 Å². The van der Waals surface area contributed by atoms with E-state index < -0.39 is 9.84 Å². The third-order valence-electron chi connectivity index (χ3n) is 6.81. The molecule has 1 aromatic heterocycles. The Balaban J connectivity index is 1.28. The van der Waals surface area contributed by atoms with Gasteiger partial charge in [-0.25, -0.2) is 8.42 Å². The highest BCUT2D eigenvalue weighted by atomic mass is 32.2. The molecule has 3 aromatic rings. The Kier molecular flexibility index (Phi) is 6.27. The summed E-state index contributed by atoms with van der Waals surface area (Å²) in [6.07, 6.45) is 0.608. The zero-order valence-electron chi connectivity index (χ0n) is 20.1. The van der Waals surface area contributed by atoms with Crippen LogP contribution in [0.25, 0.3) is 0 Å². The van der Waals surface area contributed by atoms with Crippen LogP contribution in [0.4, 0.5) is 5.69 Å². The van der Waals surface area contributed by atoms with Crippen molar-refractivity contribution in [2.45, 2.75) is 26.3 Å². The van der Waals surface area contributed by atoms with Gasteiger partial charge in [-0.05, 0) is 44.5 Å². The van der Waals surface area contributed by atoms with Crippen molar-refractivity contribution in [2.75, 3.05) is 42.6 Å². The number of hydrogen-bond donors (Lipinski definition) is 0. The van der Waals surface area contributed by atoms with E-state index in [1.54, 1.807) is 6.07 Å². The van der Waals surface area contributed by atoms with Gasteiger partial charge in [0, 0.05) is 26.2 Å². The van der Waals surface area contributed by atoms with Gasteiger partial charge in [0.1, 0.15) is 11.5 Å². The lowest BCUT2D eigenvalue weighted by Gasteiger charge is -2.36. The highest BCUT2D eigenvalue weighted by Crippen LogP contribution is 2.32. The van der Waals surface area contributed by atoms with Crippen molar-refractivity contribution in [1.29, 1.82) is 0 Å². The molecule has 1 atom stereocenters. The summed E-state index contributed by atoms with van der Waals surface area (Å²) in [5.74, 6) is 1.57. The first-order valence-corrected chi connectivity index (χ1v) is 13.8. The molecule has 2 aliphatic heterocycles. The number of amides is 1. The summed E-state index contributed by atoms with van der Waals surface area (Å²) >= 11 is 0. The second-order valence-corrected chi connectivity index (χ2v) is 11.4. The van der Waals surface area contributed by atoms with Crippen molar-refractivity contribution in [3.8, 4) is 11.5 Å². The van der Waals surface area contributed by atoms with Crippen molar-refractivity contribution >= 4 is 21.4 Å². The molecule has 35 heavy (non-hydrogen) atoms. The lowest BCUT2D eigenvalue weighted by atomic mass is 10.1. The van der Waals surface area contributed by atoms with Gasteiger partial charge in [0.15, 0.2) is 9.84 Å². The predicted molar refractivity (Wildman–Crippen MR) is 135 cm³/mol. The van der Waals surface area contributed by atoms with Crippen LogP contribution in [-0.4, -0.2) is 66.7 Å². The number of ether oxygens (including phenoxy) is 1. The molecule has 184 valence electrons. The van der Waals surface area contributed by atoms with Gasteiger partial charge in [-0.15, -0.1) is 0 Å². The molecule has 0 saturated carbocycles. The van der Waals surface area contributed by atoms with Crippen LogP contribution in [0.5, 0.6) is 11.5 Å². The lowest BCUT2D eigenvalue weighted by Crippen LogP contribution is -2.49. The minimum atomic E-state index is -2.98. The van der Waals surface area contributed by atoms with Gasteiger partial charge in [0.05, 0.1) is 40.2 Å². The van der Waals surface area contributed by atoms with Gasteiger partial charge in [0.25, 0.3) is 5.91 Å². The molecule has 0 radical (unpaired) electrons. The molecular weight excluding hydrogens is 464 g/mol. The quantitative estimate of drug-likeness (QED) is 0.539. The van der Waals surface area contributed by atoms with Gasteiger partial charge in [-0.2, -0.15) is 5.10 Å². The Labute approximate surface area is 206 Å². The van der Waals surface area contributed by atoms with E-state index in [9.17, 15) is 13.2 Å². The molecule has 9 heteroatoms. The zero-order valence-corrected chi connectivity index (χ0v) is 20.9. The number of piperazine rings is 1. The third-order valence-corrected chi connectivity index (χ3v) is 8.56. The topological polar surface area (TPSA) is 84.7 Å². The second-order valence-electron chi connectivity index (χ2n) is 9.21. The van der Waals surface area contributed by atoms with E-state index in [2.05, 4.69) is 4.90 Å². The molecule has 1 unspecified atom stereocenters. The van der Waals surface area contributed by atoms with Crippen molar-refractivity contribution in [1.82, 2.24) is 14.7 Å². The molecule has 0 spiro atoms. The maximum absolute atomic E-state index is 13.4. The number of rotatable bonds is 5. The Hall–Kier alpha value is -3.33. The number of benzene rings is 2. The average molecular weight is 495 g/mol. The Morgan fingerprint density at radius 1 is 0.971 bits per heavy atom. The second kappa shape index (κ2) is 9.37. The summed E-state index contributed by atoms with van der Waals surface area (Å²) in [5.41, 5.74) is 3.49. The molecule has 0 N–H and O–H groups in total. The van der Waals surface area contributed by atoms with E-state index in [0.717, 1.165) is 17.1 Å². The van der Waals surface area contributed by atoms with Gasteiger partial charge in [0.2, 0.25) is 0 Å². The van der Waals surface area contributed by atoms with Crippen LogP contribution in [0.3, 0.4) is 0 Å². The molecule has 3 heterocycles. The van der Waals surface area contributed by atoms with E-state index in [-0.39, 0.29) is 23.5 Å². The van der Waals surface area contributed by atoms with Crippen LogP contribution in [-0.2, 0) is 9.84 Å². The predicted octanol–water partition coefficient (Wildman–Crippen LogP) is 3.61. The fraction of sp³-hybridized carbons (Fsp3) is 0.385. The minimum Gasteiger partial charge on any atom is -0.457 e. The number of nitrogens with zero attached hydrogens (tertiary/aromatic N) is 4. The Bertz CT molecular complexity index is 1330. The summed E-state index contributed by atoms with van der Waals surface area (Å²) in [5, 5.41) is 4.70. The molecule has 2 saturated heterocycles. The lowest BCUT2D eigenvalue weighted by molar-refractivity contribution is 0.0744. The number of sulfone groups is 1. The average Bonchev–Trinajstić information content (AvgIpc) is 3.37. The monoisotopic (exact) mass is 494 g/mol. The van der Waals surface area contributed by atoms with Crippen molar-refractivity contribution in [3.63, 3.8) is 0 Å². The molecular formula is C26H30N4O4S. The number of hydrogen-bond acceptors (Lipinski definition) is 6. The van der Waals surface area contributed by atoms with E-state index in [0.29, 0.717) is 49.7 Å². The van der Waals surface area contributed by atoms with Crippen molar-refractivity contribution in [3.05, 3.63) is 71.5 Å². The SMILES string of the molecule is Cc1nn(C2CCS(=O)(=O)C2)c(C)c1N1CCN(C(=O)c2ccccc2Oc2ccccc2)CC1. The molecule has 1 amide bonds. The summed E-state index contributed by atoms with van der Waals surface area (Å²) < 4.78 is 31.8. The normalized spacial score (nSPS) is 19.7. The molecule has 5 rings (SSSR count). The fourth-order valence-electron chi connectivity index (χ4n) is 5.09. The van der Waals surface area contributed by atoms with Crippen LogP contribution in [0.15, 0.2) is 54.6 Å². The summed E-state index contributed by atoms with van der Waals surface area (Å²) in [7, 11) is -2.98. The first kappa shape index (κ1) is 23.4. The van der Waals surface area contributed by atoms with Crippen molar-refractivity contribution < 1.29 is 17.9 Å². The molecule has 8 nitrogen and oxygen atoms in total. The van der Waals surface area contributed by atoms with Gasteiger partial charge < -0.3 is 14.5 Å². The maximum atomic E-state index is 13.4. The number of aryl methyl sites for hydroxylation is 1. The summed E-state index contributed by atoms with van der Waals surface area (Å²) in [6.45, 7) is 6.51. The first-order valence-electron chi connectivity index (χ1n) is 11.9. The highest BCUT2D eigenvalue weighted by molar-refractivity contribution is 7.91. The van der Waals surface area contributed by atoms with E-state index in [1.165, 1.54) is 0 Å². The standard InChI is InChI=1S/C26H30N4O4S/c1-19-25(20(2)30(27-19)21-12-17-35(32,33)18-21)28-13-15-29(16-14-28)26(31)23-10-6-7-11-24(23)34-22-8-4-3-5-9-22/h3-11,21H,12-18H2,1-2H3. The molecule has 2 aliphatic rings. The van der Waals surface area contributed by atoms with Crippen LogP contribution in [0, 0.1) is 13.8 Å². The van der Waals surface area contributed by atoms with E-state index in [4.69, 9.17) is 9.84 Å².